The molecule has 1 aromatic rings. The number of carbonyl (C=O) groups is 2. The molecule has 8 heteroatoms. The number of aliphatic hydroxyl groups excluding tert-OH is 1. The fourth-order valence-corrected chi connectivity index (χ4v) is 4.46. The van der Waals surface area contributed by atoms with Gasteiger partial charge < -0.3 is 26.4 Å². The van der Waals surface area contributed by atoms with Crippen molar-refractivity contribution in [2.24, 2.45) is 5.73 Å². The molecule has 0 saturated heterocycles. The Labute approximate surface area is 217 Å². The van der Waals surface area contributed by atoms with E-state index >= 15 is 0 Å². The molecule has 3 atom stereocenters. The monoisotopic (exact) mass is 507 g/mol. The van der Waals surface area contributed by atoms with Crippen LogP contribution in [0.2, 0.25) is 0 Å². The van der Waals surface area contributed by atoms with Crippen LogP contribution < -0.4 is 11.1 Å². The van der Waals surface area contributed by atoms with Gasteiger partial charge in [-0.1, -0.05) is 96.5 Å². The summed E-state index contributed by atoms with van der Waals surface area (Å²) in [4.78, 5) is 28.6. The highest BCUT2D eigenvalue weighted by molar-refractivity contribution is 5.88. The number of nitrogens with zero attached hydrogens (tertiary/aromatic N) is 1. The van der Waals surface area contributed by atoms with Crippen LogP contribution in [0.3, 0.4) is 0 Å². The first-order valence-corrected chi connectivity index (χ1v) is 13.8. The standard InChI is InChI=1S/C28H49N3O5/c1-3-4-5-6-7-8-9-10-11-12-13-14-15-17-20-28(36,26(29)34)27(2,35)24(32)25(33)31-22-23-19-16-18-21-30-23/h16,18-19,21,24,32,35-36H,3-15,17,20,22H2,1-2H3,(H2,29,34)(H,31,33). The van der Waals surface area contributed by atoms with Crippen LogP contribution in [0.1, 0.15) is 116 Å². The highest BCUT2D eigenvalue weighted by Gasteiger charge is 2.56. The minimum atomic E-state index is -2.45. The Balaban J connectivity index is 2.34. The van der Waals surface area contributed by atoms with Crippen molar-refractivity contribution in [3.8, 4) is 0 Å². The Bertz CT molecular complexity index is 744. The van der Waals surface area contributed by atoms with Crippen LogP contribution in [0.25, 0.3) is 0 Å². The Morgan fingerprint density at radius 1 is 0.917 bits per heavy atom. The molecule has 0 radical (unpaired) electrons. The van der Waals surface area contributed by atoms with Crippen LogP contribution in [-0.2, 0) is 16.1 Å². The Morgan fingerprint density at radius 3 is 1.86 bits per heavy atom. The second kappa shape index (κ2) is 17.4. The van der Waals surface area contributed by atoms with Gasteiger partial charge in [-0.3, -0.25) is 14.6 Å². The summed E-state index contributed by atoms with van der Waals surface area (Å²) in [7, 11) is 0. The molecule has 0 bridgehead atoms. The molecule has 36 heavy (non-hydrogen) atoms. The predicted molar refractivity (Wildman–Crippen MR) is 142 cm³/mol. The molecule has 0 spiro atoms. The van der Waals surface area contributed by atoms with E-state index in [9.17, 15) is 24.9 Å². The molecule has 0 aliphatic carbocycles. The molecule has 206 valence electrons. The van der Waals surface area contributed by atoms with Gasteiger partial charge in [-0.25, -0.2) is 0 Å². The molecule has 0 fully saturated rings. The molecule has 1 rings (SSSR count). The van der Waals surface area contributed by atoms with Crippen LogP contribution in [0.4, 0.5) is 0 Å². The van der Waals surface area contributed by atoms with E-state index in [4.69, 9.17) is 5.73 Å². The number of pyridine rings is 1. The minimum Gasteiger partial charge on any atom is -0.383 e. The van der Waals surface area contributed by atoms with Gasteiger partial charge in [0, 0.05) is 6.20 Å². The van der Waals surface area contributed by atoms with Crippen LogP contribution in [-0.4, -0.2) is 49.4 Å². The fraction of sp³-hybridized carbons (Fsp3) is 0.750. The topological polar surface area (TPSA) is 146 Å². The molecule has 0 aliphatic rings. The number of primary amides is 1. The number of hydrogen-bond acceptors (Lipinski definition) is 6. The number of aliphatic hydroxyl groups is 3. The number of rotatable bonds is 21. The highest BCUT2D eigenvalue weighted by Crippen LogP contribution is 2.31. The second-order valence-electron chi connectivity index (χ2n) is 10.2. The zero-order valence-corrected chi connectivity index (χ0v) is 22.4. The quantitative estimate of drug-likeness (QED) is 0.160. The maximum atomic E-state index is 12.4. The first-order valence-electron chi connectivity index (χ1n) is 13.8. The lowest BCUT2D eigenvalue weighted by Gasteiger charge is -2.41. The van der Waals surface area contributed by atoms with Gasteiger partial charge in [0.2, 0.25) is 0 Å². The van der Waals surface area contributed by atoms with Gasteiger partial charge in [-0.15, -0.1) is 0 Å². The molecule has 2 amide bonds. The normalized spacial score (nSPS) is 15.6. The smallest absolute Gasteiger partial charge is 0.252 e. The van der Waals surface area contributed by atoms with Gasteiger partial charge in [0.1, 0.15) is 5.60 Å². The van der Waals surface area contributed by atoms with Gasteiger partial charge in [0.25, 0.3) is 11.8 Å². The molecular weight excluding hydrogens is 458 g/mol. The van der Waals surface area contributed by atoms with Crippen molar-refractivity contribution in [2.75, 3.05) is 0 Å². The van der Waals surface area contributed by atoms with E-state index in [0.717, 1.165) is 32.6 Å². The van der Waals surface area contributed by atoms with Crippen molar-refractivity contribution in [1.82, 2.24) is 10.3 Å². The van der Waals surface area contributed by atoms with Crippen molar-refractivity contribution in [3.63, 3.8) is 0 Å². The van der Waals surface area contributed by atoms with E-state index in [1.165, 1.54) is 57.8 Å². The average molecular weight is 508 g/mol. The summed E-state index contributed by atoms with van der Waals surface area (Å²) in [5.41, 5.74) is 1.08. The molecule has 6 N–H and O–H groups in total. The SMILES string of the molecule is CCCCCCCCCCCCCCCCC(O)(C(N)=O)C(C)(O)C(O)C(=O)NCc1ccccn1. The lowest BCUT2D eigenvalue weighted by molar-refractivity contribution is -0.200. The zero-order valence-electron chi connectivity index (χ0n) is 22.4. The van der Waals surface area contributed by atoms with Gasteiger partial charge in [0.15, 0.2) is 11.7 Å². The number of unbranched alkanes of at least 4 members (excludes halogenated alkanes) is 13. The maximum Gasteiger partial charge on any atom is 0.252 e. The summed E-state index contributed by atoms with van der Waals surface area (Å²) >= 11 is 0. The number of hydrogen-bond donors (Lipinski definition) is 5. The van der Waals surface area contributed by atoms with Crippen molar-refractivity contribution in [3.05, 3.63) is 30.1 Å². The Kier molecular flexibility index (Phi) is 15.5. The fourth-order valence-electron chi connectivity index (χ4n) is 4.46. The minimum absolute atomic E-state index is 0.0285. The van der Waals surface area contributed by atoms with Gasteiger partial charge in [0.05, 0.1) is 12.2 Å². The predicted octanol–water partition coefficient (Wildman–Crippen LogP) is 3.90. The lowest BCUT2D eigenvalue weighted by atomic mass is 9.75. The van der Waals surface area contributed by atoms with Crippen molar-refractivity contribution >= 4 is 11.8 Å². The summed E-state index contributed by atoms with van der Waals surface area (Å²) in [6, 6.07) is 5.18. The molecule has 1 aromatic heterocycles. The van der Waals surface area contributed by atoms with Crippen LogP contribution in [0, 0.1) is 0 Å². The van der Waals surface area contributed by atoms with E-state index in [-0.39, 0.29) is 13.0 Å². The summed E-state index contributed by atoms with van der Waals surface area (Å²) in [5, 5.41) is 34.7. The van der Waals surface area contributed by atoms with Crippen molar-refractivity contribution in [2.45, 2.75) is 134 Å². The van der Waals surface area contributed by atoms with Gasteiger partial charge in [-0.05, 0) is 31.9 Å². The van der Waals surface area contributed by atoms with E-state index in [1.807, 2.05) is 0 Å². The first-order chi connectivity index (χ1) is 17.2. The average Bonchev–Trinajstić information content (AvgIpc) is 2.87. The number of carbonyl (C=O) groups excluding carboxylic acids is 2. The summed E-state index contributed by atoms with van der Waals surface area (Å²) in [6.07, 6.45) is 15.5. The number of amides is 2. The largest absolute Gasteiger partial charge is 0.383 e. The van der Waals surface area contributed by atoms with E-state index in [0.29, 0.717) is 12.1 Å². The summed E-state index contributed by atoms with van der Waals surface area (Å²) in [6.45, 7) is 3.33. The van der Waals surface area contributed by atoms with E-state index in [2.05, 4.69) is 17.2 Å². The molecule has 1 heterocycles. The van der Waals surface area contributed by atoms with Crippen molar-refractivity contribution in [1.29, 1.82) is 0 Å². The van der Waals surface area contributed by atoms with Crippen LogP contribution >= 0.6 is 0 Å². The number of nitrogens with two attached hydrogens (primary N) is 1. The summed E-state index contributed by atoms with van der Waals surface area (Å²) in [5.74, 6) is -2.09. The lowest BCUT2D eigenvalue weighted by Crippen LogP contribution is -2.68. The molecular formula is C28H49N3O5. The molecule has 8 nitrogen and oxygen atoms in total. The number of aromatic nitrogens is 1. The van der Waals surface area contributed by atoms with Crippen molar-refractivity contribution < 1.29 is 24.9 Å². The first kappa shape index (κ1) is 32.0. The van der Waals surface area contributed by atoms with Crippen LogP contribution in [0.5, 0.6) is 0 Å². The summed E-state index contributed by atoms with van der Waals surface area (Å²) < 4.78 is 0. The highest BCUT2D eigenvalue weighted by atomic mass is 16.4. The third-order valence-electron chi connectivity index (χ3n) is 7.09. The molecule has 3 unspecified atom stereocenters. The molecule has 0 aliphatic heterocycles. The third kappa shape index (κ3) is 10.9. The van der Waals surface area contributed by atoms with E-state index < -0.39 is 29.1 Å². The number of nitrogens with one attached hydrogen (secondary N) is 1. The zero-order chi connectivity index (χ0) is 26.9. The Morgan fingerprint density at radius 2 is 1.42 bits per heavy atom. The van der Waals surface area contributed by atoms with Gasteiger partial charge >= 0.3 is 0 Å². The van der Waals surface area contributed by atoms with E-state index in [1.54, 1.807) is 24.4 Å². The second-order valence-corrected chi connectivity index (χ2v) is 10.2. The molecule has 0 aromatic carbocycles. The molecule has 0 saturated carbocycles. The maximum absolute atomic E-state index is 12.4. The third-order valence-corrected chi connectivity index (χ3v) is 7.09. The van der Waals surface area contributed by atoms with Gasteiger partial charge in [-0.2, -0.15) is 0 Å². The van der Waals surface area contributed by atoms with Crippen LogP contribution in [0.15, 0.2) is 24.4 Å². The Hall–Kier alpha value is -2.03.